The van der Waals surface area contributed by atoms with E-state index in [9.17, 15) is 4.79 Å². The molecule has 15 heavy (non-hydrogen) atoms. The molecule has 0 bridgehead atoms. The fourth-order valence-electron chi connectivity index (χ4n) is 1.94. The second-order valence-electron chi connectivity index (χ2n) is 4.54. The Morgan fingerprint density at radius 1 is 1.67 bits per heavy atom. The van der Waals surface area contributed by atoms with Gasteiger partial charge in [-0.3, -0.25) is 4.79 Å². The van der Waals surface area contributed by atoms with Crippen molar-refractivity contribution in [2.75, 3.05) is 13.1 Å². The van der Waals surface area contributed by atoms with Gasteiger partial charge in [-0.2, -0.15) is 0 Å². The van der Waals surface area contributed by atoms with Gasteiger partial charge in [-0.1, -0.05) is 5.16 Å². The molecule has 0 aromatic rings. The van der Waals surface area contributed by atoms with Gasteiger partial charge in [0.1, 0.15) is 5.71 Å². The fraction of sp³-hybridized carbons (Fsp3) is 0.800. The molecule has 1 saturated heterocycles. The van der Waals surface area contributed by atoms with Crippen LogP contribution in [0.1, 0.15) is 26.7 Å². The zero-order valence-electron chi connectivity index (χ0n) is 9.17. The summed E-state index contributed by atoms with van der Waals surface area (Å²) in [6.45, 7) is 5.59. The molecule has 2 N–H and O–H groups in total. The van der Waals surface area contributed by atoms with E-state index in [1.807, 2.05) is 13.8 Å². The average molecular weight is 211 g/mol. The lowest BCUT2D eigenvalue weighted by molar-refractivity contribution is -0.115. The SMILES string of the molecule is CC(C)NC(=O)C1=NOC2(CCNC2)C1. The average Bonchev–Trinajstić information content (AvgIpc) is 2.76. The molecule has 2 heterocycles. The summed E-state index contributed by atoms with van der Waals surface area (Å²) in [4.78, 5) is 17.0. The second-order valence-corrected chi connectivity index (χ2v) is 4.54. The Morgan fingerprint density at radius 2 is 2.47 bits per heavy atom. The van der Waals surface area contributed by atoms with Crippen LogP contribution in [0.3, 0.4) is 0 Å². The molecule has 0 aromatic heterocycles. The summed E-state index contributed by atoms with van der Waals surface area (Å²) >= 11 is 0. The number of carbonyl (C=O) groups excluding carboxylic acids is 1. The first-order chi connectivity index (χ1) is 7.11. The topological polar surface area (TPSA) is 62.7 Å². The van der Waals surface area contributed by atoms with Crippen LogP contribution in [0.4, 0.5) is 0 Å². The normalized spacial score (nSPS) is 29.4. The Labute approximate surface area is 89.2 Å². The van der Waals surface area contributed by atoms with Crippen LogP contribution in [0, 0.1) is 0 Å². The van der Waals surface area contributed by atoms with E-state index in [2.05, 4.69) is 15.8 Å². The van der Waals surface area contributed by atoms with Crippen LogP contribution in [-0.2, 0) is 9.63 Å². The van der Waals surface area contributed by atoms with Gasteiger partial charge < -0.3 is 15.5 Å². The Morgan fingerprint density at radius 3 is 3.07 bits per heavy atom. The van der Waals surface area contributed by atoms with Gasteiger partial charge in [0.15, 0.2) is 5.60 Å². The van der Waals surface area contributed by atoms with Crippen molar-refractivity contribution >= 4 is 11.6 Å². The summed E-state index contributed by atoms with van der Waals surface area (Å²) in [6.07, 6.45) is 1.55. The lowest BCUT2D eigenvalue weighted by Crippen LogP contribution is -2.38. The predicted molar refractivity (Wildman–Crippen MR) is 56.6 cm³/mol. The third-order valence-electron chi connectivity index (χ3n) is 2.73. The van der Waals surface area contributed by atoms with Gasteiger partial charge in [-0.05, 0) is 20.4 Å². The lowest BCUT2D eigenvalue weighted by Gasteiger charge is -2.18. The molecule has 1 amide bonds. The highest BCUT2D eigenvalue weighted by atomic mass is 16.7. The quantitative estimate of drug-likeness (QED) is 0.677. The Balaban J connectivity index is 1.93. The highest BCUT2D eigenvalue weighted by Crippen LogP contribution is 2.29. The Hall–Kier alpha value is -1.10. The van der Waals surface area contributed by atoms with Crippen molar-refractivity contribution in [2.45, 2.75) is 38.3 Å². The number of hydrogen-bond donors (Lipinski definition) is 2. The summed E-state index contributed by atoms with van der Waals surface area (Å²) < 4.78 is 0. The van der Waals surface area contributed by atoms with E-state index in [1.54, 1.807) is 0 Å². The molecule has 2 rings (SSSR count). The molecule has 1 unspecified atom stereocenters. The summed E-state index contributed by atoms with van der Waals surface area (Å²) in [6, 6.07) is 0.137. The Bertz CT molecular complexity index is 293. The fourth-order valence-corrected chi connectivity index (χ4v) is 1.94. The van der Waals surface area contributed by atoms with Crippen molar-refractivity contribution in [3.05, 3.63) is 0 Å². The van der Waals surface area contributed by atoms with Gasteiger partial charge in [0, 0.05) is 25.4 Å². The monoisotopic (exact) mass is 211 g/mol. The van der Waals surface area contributed by atoms with Crippen LogP contribution >= 0.6 is 0 Å². The number of oxime groups is 1. The predicted octanol–water partition coefficient (Wildman–Crippen LogP) is 0.0194. The molecule has 5 nitrogen and oxygen atoms in total. The minimum Gasteiger partial charge on any atom is -0.387 e. The first-order valence-electron chi connectivity index (χ1n) is 5.38. The van der Waals surface area contributed by atoms with E-state index >= 15 is 0 Å². The number of rotatable bonds is 2. The van der Waals surface area contributed by atoms with Gasteiger partial charge >= 0.3 is 0 Å². The number of nitrogens with zero attached hydrogens (tertiary/aromatic N) is 1. The molecule has 0 radical (unpaired) electrons. The maximum absolute atomic E-state index is 11.7. The van der Waals surface area contributed by atoms with Gasteiger partial charge in [0.05, 0.1) is 0 Å². The van der Waals surface area contributed by atoms with E-state index in [1.165, 1.54) is 0 Å². The van der Waals surface area contributed by atoms with E-state index < -0.39 is 0 Å². The zero-order chi connectivity index (χ0) is 10.9. The van der Waals surface area contributed by atoms with Crippen LogP contribution in [0.25, 0.3) is 0 Å². The van der Waals surface area contributed by atoms with Crippen LogP contribution in [-0.4, -0.2) is 36.4 Å². The first-order valence-corrected chi connectivity index (χ1v) is 5.38. The molecule has 84 valence electrons. The van der Waals surface area contributed by atoms with Crippen LogP contribution in [0.5, 0.6) is 0 Å². The Kier molecular flexibility index (Phi) is 2.65. The first kappa shape index (κ1) is 10.4. The van der Waals surface area contributed by atoms with Gasteiger partial charge in [-0.25, -0.2) is 0 Å². The molecule has 1 atom stereocenters. The van der Waals surface area contributed by atoms with Crippen LogP contribution in [0.2, 0.25) is 0 Å². The standard InChI is InChI=1S/C10H17N3O2/c1-7(2)12-9(14)8-5-10(15-13-8)3-4-11-6-10/h7,11H,3-6H2,1-2H3,(H,12,14). The summed E-state index contributed by atoms with van der Waals surface area (Å²) in [5, 5.41) is 9.93. The molecule has 1 fully saturated rings. The third kappa shape index (κ3) is 2.12. The van der Waals surface area contributed by atoms with Crippen molar-refractivity contribution in [1.29, 1.82) is 0 Å². The zero-order valence-corrected chi connectivity index (χ0v) is 9.17. The molecule has 5 heteroatoms. The lowest BCUT2D eigenvalue weighted by atomic mass is 9.96. The van der Waals surface area contributed by atoms with E-state index in [-0.39, 0.29) is 17.6 Å². The van der Waals surface area contributed by atoms with Crippen molar-refractivity contribution in [1.82, 2.24) is 10.6 Å². The molecular formula is C10H17N3O2. The molecule has 0 aliphatic carbocycles. The van der Waals surface area contributed by atoms with E-state index in [4.69, 9.17) is 4.84 Å². The second kappa shape index (κ2) is 3.81. The number of hydrogen-bond acceptors (Lipinski definition) is 4. The van der Waals surface area contributed by atoms with Crippen LogP contribution < -0.4 is 10.6 Å². The van der Waals surface area contributed by atoms with Gasteiger partial charge in [0.25, 0.3) is 5.91 Å². The van der Waals surface area contributed by atoms with Gasteiger partial charge in [-0.15, -0.1) is 0 Å². The molecule has 2 aliphatic heterocycles. The number of carbonyl (C=O) groups is 1. The maximum atomic E-state index is 11.7. The minimum absolute atomic E-state index is 0.103. The smallest absolute Gasteiger partial charge is 0.269 e. The highest BCUT2D eigenvalue weighted by molar-refractivity contribution is 6.39. The van der Waals surface area contributed by atoms with Crippen molar-refractivity contribution in [3.8, 4) is 0 Å². The van der Waals surface area contributed by atoms with Gasteiger partial charge in [0.2, 0.25) is 0 Å². The summed E-state index contributed by atoms with van der Waals surface area (Å²) in [7, 11) is 0. The summed E-state index contributed by atoms with van der Waals surface area (Å²) in [5.74, 6) is -0.103. The molecular weight excluding hydrogens is 194 g/mol. The molecule has 0 saturated carbocycles. The van der Waals surface area contributed by atoms with E-state index in [0.29, 0.717) is 12.1 Å². The molecule has 0 aromatic carbocycles. The minimum atomic E-state index is -0.246. The molecule has 2 aliphatic rings. The van der Waals surface area contributed by atoms with Crippen molar-refractivity contribution in [2.24, 2.45) is 5.16 Å². The van der Waals surface area contributed by atoms with Crippen molar-refractivity contribution < 1.29 is 9.63 Å². The molecule has 1 spiro atoms. The third-order valence-corrected chi connectivity index (χ3v) is 2.73. The maximum Gasteiger partial charge on any atom is 0.269 e. The highest BCUT2D eigenvalue weighted by Gasteiger charge is 2.43. The van der Waals surface area contributed by atoms with E-state index in [0.717, 1.165) is 19.5 Å². The number of amides is 1. The van der Waals surface area contributed by atoms with Crippen molar-refractivity contribution in [3.63, 3.8) is 0 Å². The number of nitrogens with one attached hydrogen (secondary N) is 2. The largest absolute Gasteiger partial charge is 0.387 e. The van der Waals surface area contributed by atoms with Crippen LogP contribution in [0.15, 0.2) is 5.16 Å². The summed E-state index contributed by atoms with van der Waals surface area (Å²) in [5.41, 5.74) is 0.274.